The van der Waals surface area contributed by atoms with Gasteiger partial charge in [0.05, 0.1) is 28.6 Å². The lowest BCUT2D eigenvalue weighted by atomic mass is 9.97. The fourth-order valence-electron chi connectivity index (χ4n) is 8.05. The Kier molecular flexibility index (Phi) is 8.42. The van der Waals surface area contributed by atoms with Gasteiger partial charge in [-0.3, -0.25) is 4.57 Å². The van der Waals surface area contributed by atoms with Crippen LogP contribution in [0.3, 0.4) is 0 Å². The van der Waals surface area contributed by atoms with Crippen LogP contribution in [0.2, 0.25) is 0 Å². The van der Waals surface area contributed by atoms with Crippen LogP contribution < -0.4 is 0 Å². The predicted octanol–water partition coefficient (Wildman–Crippen LogP) is 13.1. The van der Waals surface area contributed by atoms with Crippen LogP contribution in [0.5, 0.6) is 0 Å². The molecule has 10 aromatic rings. The Balaban J connectivity index is 1.11. The van der Waals surface area contributed by atoms with E-state index in [1.54, 1.807) is 0 Å². The standard InChI is InChI=1S/C52H38N4/c1-36(38-18-7-3-8-19-38)54-52(53-35-37-16-5-2-6-17-37)56-49-27-14-11-24-44(49)46-30-28-42(34-51(46)56)40-21-15-20-39(32-40)41-29-31-50-47(33-41)45-25-12-13-26-48(45)55(50)43-22-9-4-10-23-43/h2-34H,35H2,1H3. The molecule has 2 heterocycles. The first-order valence-electron chi connectivity index (χ1n) is 19.1. The van der Waals surface area contributed by atoms with Gasteiger partial charge in [-0.05, 0) is 88.8 Å². The van der Waals surface area contributed by atoms with Crippen LogP contribution in [-0.4, -0.2) is 20.8 Å². The van der Waals surface area contributed by atoms with Crippen molar-refractivity contribution in [1.29, 1.82) is 0 Å². The number of rotatable bonds is 6. The molecule has 4 heteroatoms. The average molecular weight is 719 g/mol. The smallest absolute Gasteiger partial charge is 0.230 e. The van der Waals surface area contributed by atoms with E-state index in [4.69, 9.17) is 9.98 Å². The molecule has 0 aliphatic rings. The molecule has 0 aliphatic heterocycles. The number of aromatic nitrogens is 2. The molecule has 4 nitrogen and oxygen atoms in total. The summed E-state index contributed by atoms with van der Waals surface area (Å²) in [6.07, 6.45) is 0. The molecule has 0 spiro atoms. The quantitative estimate of drug-likeness (QED) is 0.121. The van der Waals surface area contributed by atoms with E-state index in [0.29, 0.717) is 12.5 Å². The van der Waals surface area contributed by atoms with Crippen LogP contribution in [0.4, 0.5) is 0 Å². The van der Waals surface area contributed by atoms with Crippen molar-refractivity contribution in [3.63, 3.8) is 0 Å². The molecular formula is C52H38N4. The molecule has 0 radical (unpaired) electrons. The van der Waals surface area contributed by atoms with Gasteiger partial charge in [0.2, 0.25) is 5.96 Å². The fraction of sp³-hybridized carbons (Fsp3) is 0.0385. The average Bonchev–Trinajstić information content (AvgIpc) is 3.78. The van der Waals surface area contributed by atoms with Crippen molar-refractivity contribution in [1.82, 2.24) is 9.13 Å². The van der Waals surface area contributed by atoms with Crippen molar-refractivity contribution in [2.75, 3.05) is 0 Å². The SMILES string of the molecule is CC(=NC(=NCc1ccccc1)n1c2ccccc2c2ccc(-c3cccc(-c4ccc5c(c4)c4ccccc4n5-c4ccccc4)c3)cc21)c1ccccc1. The first-order valence-corrected chi connectivity index (χ1v) is 19.1. The van der Waals surface area contributed by atoms with E-state index in [9.17, 15) is 0 Å². The Morgan fingerprint density at radius 3 is 1.73 bits per heavy atom. The molecule has 0 aliphatic carbocycles. The minimum absolute atomic E-state index is 0.520. The van der Waals surface area contributed by atoms with Crippen molar-refractivity contribution >= 4 is 55.3 Å². The van der Waals surface area contributed by atoms with Gasteiger partial charge in [0.1, 0.15) is 0 Å². The minimum Gasteiger partial charge on any atom is -0.309 e. The lowest BCUT2D eigenvalue weighted by Gasteiger charge is -2.11. The maximum Gasteiger partial charge on any atom is 0.230 e. The Morgan fingerprint density at radius 1 is 0.429 bits per heavy atom. The van der Waals surface area contributed by atoms with Crippen LogP contribution in [-0.2, 0) is 6.54 Å². The van der Waals surface area contributed by atoms with Gasteiger partial charge >= 0.3 is 0 Å². The van der Waals surface area contributed by atoms with Crippen LogP contribution in [0, 0.1) is 0 Å². The zero-order valence-electron chi connectivity index (χ0n) is 31.0. The van der Waals surface area contributed by atoms with Gasteiger partial charge in [0, 0.05) is 32.9 Å². The first-order chi connectivity index (χ1) is 27.7. The Hall–Kier alpha value is -7.30. The zero-order chi connectivity index (χ0) is 37.4. The molecule has 8 aromatic carbocycles. The summed E-state index contributed by atoms with van der Waals surface area (Å²) >= 11 is 0. The molecule has 56 heavy (non-hydrogen) atoms. The largest absolute Gasteiger partial charge is 0.309 e. The van der Waals surface area contributed by atoms with Crippen molar-refractivity contribution < 1.29 is 0 Å². The molecule has 0 saturated heterocycles. The van der Waals surface area contributed by atoms with E-state index in [1.807, 2.05) is 12.1 Å². The third-order valence-electron chi connectivity index (χ3n) is 10.8. The molecule has 0 fully saturated rings. The number of aliphatic imine (C=N–C) groups is 2. The van der Waals surface area contributed by atoms with Crippen LogP contribution in [0.15, 0.2) is 210 Å². The molecule has 2 aromatic heterocycles. The Labute approximate surface area is 326 Å². The van der Waals surface area contributed by atoms with Crippen LogP contribution in [0.25, 0.3) is 71.6 Å². The highest BCUT2D eigenvalue weighted by Gasteiger charge is 2.17. The summed E-state index contributed by atoms with van der Waals surface area (Å²) in [6.45, 7) is 2.58. The van der Waals surface area contributed by atoms with E-state index in [2.05, 4.69) is 204 Å². The van der Waals surface area contributed by atoms with Gasteiger partial charge in [-0.25, -0.2) is 9.98 Å². The maximum absolute atomic E-state index is 5.26. The molecular weight excluding hydrogens is 681 g/mol. The minimum atomic E-state index is 0.520. The zero-order valence-corrected chi connectivity index (χ0v) is 31.0. The maximum atomic E-state index is 5.26. The summed E-state index contributed by atoms with van der Waals surface area (Å²) in [4.78, 5) is 10.5. The van der Waals surface area contributed by atoms with Gasteiger partial charge in [-0.15, -0.1) is 0 Å². The van der Waals surface area contributed by atoms with Crippen molar-refractivity contribution in [2.24, 2.45) is 9.98 Å². The van der Waals surface area contributed by atoms with Gasteiger partial charge < -0.3 is 4.57 Å². The number of benzene rings is 8. The summed E-state index contributed by atoms with van der Waals surface area (Å²) in [5.74, 6) is 0.662. The van der Waals surface area contributed by atoms with E-state index in [-0.39, 0.29) is 0 Å². The number of nitrogens with zero attached hydrogens (tertiary/aromatic N) is 4. The molecule has 266 valence electrons. The summed E-state index contributed by atoms with van der Waals surface area (Å²) < 4.78 is 4.60. The molecule has 0 atom stereocenters. The lowest BCUT2D eigenvalue weighted by Crippen LogP contribution is -2.12. The molecule has 0 saturated carbocycles. The van der Waals surface area contributed by atoms with Gasteiger partial charge in [0.15, 0.2) is 0 Å². The second-order valence-electron chi connectivity index (χ2n) is 14.3. The number of hydrogen-bond donors (Lipinski definition) is 0. The van der Waals surface area contributed by atoms with Crippen LogP contribution >= 0.6 is 0 Å². The highest BCUT2D eigenvalue weighted by molar-refractivity contribution is 6.17. The lowest BCUT2D eigenvalue weighted by molar-refractivity contribution is 1.03. The van der Waals surface area contributed by atoms with Crippen LogP contribution in [0.1, 0.15) is 18.1 Å². The summed E-state index contributed by atoms with van der Waals surface area (Å²) in [5.41, 5.74) is 13.5. The van der Waals surface area contributed by atoms with E-state index in [1.165, 1.54) is 43.7 Å². The van der Waals surface area contributed by atoms with Gasteiger partial charge in [-0.1, -0.05) is 152 Å². The first kappa shape index (κ1) is 33.3. The van der Waals surface area contributed by atoms with Gasteiger partial charge in [0.25, 0.3) is 0 Å². The van der Waals surface area contributed by atoms with E-state index >= 15 is 0 Å². The second-order valence-corrected chi connectivity index (χ2v) is 14.3. The highest BCUT2D eigenvalue weighted by Crippen LogP contribution is 2.37. The summed E-state index contributed by atoms with van der Waals surface area (Å²) in [6, 6.07) is 71.2. The molecule has 10 rings (SSSR count). The molecule has 0 amide bonds. The molecule has 0 unspecified atom stereocenters. The fourth-order valence-corrected chi connectivity index (χ4v) is 8.05. The third kappa shape index (κ3) is 5.98. The van der Waals surface area contributed by atoms with E-state index < -0.39 is 0 Å². The normalized spacial score (nSPS) is 12.3. The molecule has 0 bridgehead atoms. The van der Waals surface area contributed by atoms with E-state index in [0.717, 1.165) is 44.7 Å². The number of para-hydroxylation sites is 3. The predicted molar refractivity (Wildman–Crippen MR) is 236 cm³/mol. The summed E-state index contributed by atoms with van der Waals surface area (Å²) in [5, 5.41) is 4.83. The Bertz CT molecular complexity index is 3100. The third-order valence-corrected chi connectivity index (χ3v) is 10.8. The van der Waals surface area contributed by atoms with Gasteiger partial charge in [-0.2, -0.15) is 0 Å². The topological polar surface area (TPSA) is 34.6 Å². The Morgan fingerprint density at radius 2 is 0.982 bits per heavy atom. The van der Waals surface area contributed by atoms with Crippen molar-refractivity contribution in [3.8, 4) is 27.9 Å². The number of hydrogen-bond acceptors (Lipinski definition) is 1. The van der Waals surface area contributed by atoms with Crippen molar-refractivity contribution in [2.45, 2.75) is 13.5 Å². The number of fused-ring (bicyclic) bond motifs is 6. The van der Waals surface area contributed by atoms with Crippen molar-refractivity contribution in [3.05, 3.63) is 211 Å². The second kappa shape index (κ2) is 14.2. The molecule has 0 N–H and O–H groups in total. The highest BCUT2D eigenvalue weighted by atomic mass is 15.2. The monoisotopic (exact) mass is 718 g/mol. The summed E-state index contributed by atoms with van der Waals surface area (Å²) in [7, 11) is 0.